The number of carbonyl (C=O) groups is 8. The number of esters is 5. The van der Waals surface area contributed by atoms with E-state index >= 15 is 0 Å². The molecule has 5 aliphatic rings. The second-order valence-corrected chi connectivity index (χ2v) is 39.2. The highest BCUT2D eigenvalue weighted by atomic mass is 32.2. The van der Waals surface area contributed by atoms with E-state index in [9.17, 15) is 90.3 Å². The third kappa shape index (κ3) is 34.5. The van der Waals surface area contributed by atoms with E-state index < -0.39 is 63.2 Å². The number of halogens is 8. The van der Waals surface area contributed by atoms with E-state index in [1.54, 1.807) is 86.6 Å². The maximum atomic E-state index is 14.3. The number of benzene rings is 10. The largest absolute Gasteiger partial charge is 0.434 e. The molecule has 0 aromatic heterocycles. The van der Waals surface area contributed by atoms with E-state index in [0.717, 1.165) is 122 Å². The highest BCUT2D eigenvalue weighted by Crippen LogP contribution is 2.42. The lowest BCUT2D eigenvalue weighted by Gasteiger charge is -2.23. The molecule has 0 saturated heterocycles. The number of ketones is 2. The Labute approximate surface area is 815 Å². The number of primary sulfonamides is 1. The van der Waals surface area contributed by atoms with Crippen molar-refractivity contribution in [3.63, 3.8) is 0 Å². The summed E-state index contributed by atoms with van der Waals surface area (Å²) in [6, 6.07) is 52.2. The number of hydrogen-bond donors (Lipinski definition) is 2. The van der Waals surface area contributed by atoms with Crippen LogP contribution in [0.1, 0.15) is 238 Å². The van der Waals surface area contributed by atoms with Gasteiger partial charge in [-0.1, -0.05) is 170 Å². The van der Waals surface area contributed by atoms with Crippen molar-refractivity contribution in [1.29, 1.82) is 0 Å². The molecule has 4 N–H and O–H groups in total. The van der Waals surface area contributed by atoms with Crippen molar-refractivity contribution in [2.75, 3.05) is 6.26 Å². The summed E-state index contributed by atoms with van der Waals surface area (Å²) in [5.41, 5.74) is 10.1. The molecule has 0 bridgehead atoms. The van der Waals surface area contributed by atoms with Gasteiger partial charge in [0.1, 0.15) is 57.6 Å². The van der Waals surface area contributed by atoms with Crippen LogP contribution in [0.5, 0.6) is 46.0 Å². The maximum Gasteiger partial charge on any atom is 0.387 e. The van der Waals surface area contributed by atoms with Crippen molar-refractivity contribution in [2.45, 2.75) is 236 Å². The van der Waals surface area contributed by atoms with Crippen LogP contribution in [0.15, 0.2) is 222 Å². The molecule has 1 amide bonds. The number of Topliss-reactive ketones (excluding diaryl/α,β-unsaturated/α-hetero) is 2. The van der Waals surface area contributed by atoms with Gasteiger partial charge in [-0.3, -0.25) is 38.4 Å². The summed E-state index contributed by atoms with van der Waals surface area (Å²) >= 11 is 0. The minimum atomic E-state index is -3.99. The van der Waals surface area contributed by atoms with Crippen molar-refractivity contribution in [2.24, 2.45) is 40.5 Å². The molecule has 0 radical (unpaired) electrons. The van der Waals surface area contributed by atoms with Crippen molar-refractivity contribution in [3.8, 4) is 102 Å². The zero-order valence-electron chi connectivity index (χ0n) is 78.7. The molecule has 10 aromatic carbocycles. The number of hydrogen-bond acceptors (Lipinski definition) is 20. The Morgan fingerprint density at radius 1 is 0.312 bits per heavy atom. The fraction of sp³-hybridized carbons (Fsp3) is 0.376. The topological polar surface area (TPSA) is 331 Å². The van der Waals surface area contributed by atoms with E-state index in [1.165, 1.54) is 172 Å². The van der Waals surface area contributed by atoms with Gasteiger partial charge in [0.05, 0.1) is 9.79 Å². The highest BCUT2D eigenvalue weighted by Gasteiger charge is 2.29. The van der Waals surface area contributed by atoms with Crippen LogP contribution >= 0.6 is 0 Å². The number of ether oxygens (including phenoxy) is 8. The van der Waals surface area contributed by atoms with Gasteiger partial charge < -0.3 is 43.6 Å². The van der Waals surface area contributed by atoms with Crippen molar-refractivity contribution < 1.29 is 128 Å². The monoisotopic (exact) mass is 1990 g/mol. The molecular formula is C109H116F8N2O20S2. The lowest BCUT2D eigenvalue weighted by molar-refractivity contribution is -0.137. The Hall–Kier alpha value is -12.9. The number of sulfonamides is 1. The lowest BCUT2D eigenvalue weighted by Crippen LogP contribution is -2.19. The Bertz CT molecular complexity index is 6230. The predicted molar refractivity (Wildman–Crippen MR) is 516 cm³/mol. The number of nitrogens with two attached hydrogens (primary N) is 2. The van der Waals surface area contributed by atoms with Gasteiger partial charge in [0.15, 0.2) is 21.4 Å². The number of sulfone groups is 1. The molecule has 0 aliphatic heterocycles. The second-order valence-electron chi connectivity index (χ2n) is 35.6. The van der Waals surface area contributed by atoms with E-state index in [-0.39, 0.29) is 113 Å². The van der Waals surface area contributed by atoms with Crippen molar-refractivity contribution in [3.05, 3.63) is 241 Å². The van der Waals surface area contributed by atoms with Crippen LogP contribution in [0.2, 0.25) is 0 Å². The first kappa shape index (κ1) is 108. The van der Waals surface area contributed by atoms with Gasteiger partial charge in [-0.25, -0.2) is 30.8 Å². The molecule has 0 heterocycles. The third-order valence-corrected chi connectivity index (χ3v) is 27.1. The summed E-state index contributed by atoms with van der Waals surface area (Å²) in [5.74, 6) is -0.620. The molecule has 22 nitrogen and oxygen atoms in total. The summed E-state index contributed by atoms with van der Waals surface area (Å²) in [6.07, 6.45) is 28.9. The van der Waals surface area contributed by atoms with Crippen LogP contribution in [0.25, 0.3) is 55.6 Å². The first-order chi connectivity index (χ1) is 67.5. The van der Waals surface area contributed by atoms with Gasteiger partial charge in [-0.05, 0) is 261 Å². The standard InChI is InChI=1S/C24H26F2O4.C22H23F2NO4.C21H23F2NO5S.C21H23FO4S.C21H21FO3/c1-2-21(27)18-10-6-9-17(14-18)20-15-19(11-12-22(20)30-24(25)26)29-23(28)13-16-7-4-3-5-8-16;23-22(24)29-19-10-9-17(28-20(26)11-14-5-2-1-3-6-14)13-18(19)15-7-4-8-16(12-15)21(25)27;22-21(23)29-19-10-9-16(28-20(25)11-14-5-2-1-3-6-14)13-18(19)15-7-4-8-17(12-15)30(24,26)27;1-27(24,25)18-9-5-8-16(13-18)19-14-17(10-11-20(19)22)26-21(23)12-15-6-3-2-4-7-15;1-2-20(23)16-8-4-7-15(12-16)18-13-17(9-10-19(18)22)25-21(24)11-14-5-3-6-14/h6,9-12,14-16,24H,2-5,7-8,13H2,1H3;4,7-10,12-14,22H,1-3,5-6,11H2,(H2,25,27);4,7-10,12-14,21H,1-3,5-6,11H2,(H2,24,26,27);5,8-11,13-15H,2-4,6-7,12H2,1H3;4,7-10,12-14H,2-3,5-6,11H2,1H3. The SMILES string of the molecule is CCC(=O)c1cccc(-c2cc(OC(=O)CC3CCC3)ccc2F)c1.CCC(=O)c1cccc(-c2cc(OC(=O)CC3CCCCC3)ccc2OC(F)F)c1.CS(=O)(=O)c1cccc(-c2cc(OC(=O)CC3CCCCC3)ccc2F)c1.NC(=O)c1cccc(-c2cc(OC(=O)CC3CCCCC3)ccc2OC(F)F)c1.NS(=O)(=O)c1cccc(-c2cc(OC(=O)CC3CCCCC3)ccc2OC(F)F)c1. The minimum absolute atomic E-state index is 0.00494. The lowest BCUT2D eigenvalue weighted by atomic mass is 9.83. The van der Waals surface area contributed by atoms with Gasteiger partial charge in [0, 0.05) is 95.7 Å². The molecule has 5 fully saturated rings. The fourth-order valence-corrected chi connectivity index (χ4v) is 18.8. The van der Waals surface area contributed by atoms with Gasteiger partial charge in [0.2, 0.25) is 15.9 Å². The molecule has 0 unspecified atom stereocenters. The maximum absolute atomic E-state index is 14.3. The van der Waals surface area contributed by atoms with Crippen LogP contribution in [0, 0.1) is 41.2 Å². The minimum Gasteiger partial charge on any atom is -0.434 e. The molecule has 750 valence electrons. The first-order valence-electron chi connectivity index (χ1n) is 47.5. The zero-order chi connectivity index (χ0) is 101. The molecule has 5 saturated carbocycles. The van der Waals surface area contributed by atoms with Gasteiger partial charge in [0.25, 0.3) is 0 Å². The molecular weight excluding hydrogens is 1870 g/mol. The van der Waals surface area contributed by atoms with Crippen LogP contribution in [-0.4, -0.2) is 90.2 Å². The molecule has 10 aromatic rings. The number of amides is 1. The predicted octanol–water partition coefficient (Wildman–Crippen LogP) is 25.8. The zero-order valence-corrected chi connectivity index (χ0v) is 80.3. The second kappa shape index (κ2) is 53.1. The van der Waals surface area contributed by atoms with E-state index in [2.05, 4.69) is 14.2 Å². The van der Waals surface area contributed by atoms with Crippen LogP contribution in [-0.2, 0) is 43.8 Å². The van der Waals surface area contributed by atoms with Crippen LogP contribution in [0.3, 0.4) is 0 Å². The Morgan fingerprint density at radius 3 is 0.837 bits per heavy atom. The number of primary amides is 1. The Morgan fingerprint density at radius 2 is 0.560 bits per heavy atom. The smallest absolute Gasteiger partial charge is 0.387 e. The number of carbonyl (C=O) groups excluding carboxylic acids is 8. The normalized spacial score (nSPS) is 14.8. The third-order valence-electron chi connectivity index (χ3n) is 25.1. The van der Waals surface area contributed by atoms with Crippen molar-refractivity contribution >= 4 is 67.2 Å². The van der Waals surface area contributed by atoms with Crippen molar-refractivity contribution in [1.82, 2.24) is 0 Å². The summed E-state index contributed by atoms with van der Waals surface area (Å²) in [4.78, 5) is 96.4. The van der Waals surface area contributed by atoms with E-state index in [0.29, 0.717) is 125 Å². The molecule has 141 heavy (non-hydrogen) atoms. The quantitative estimate of drug-likeness (QED) is 0.0167. The fourth-order valence-electron chi connectivity index (χ4n) is 17.6. The van der Waals surface area contributed by atoms with E-state index in [1.807, 2.05) is 0 Å². The summed E-state index contributed by atoms with van der Waals surface area (Å²) in [7, 11) is -7.39. The summed E-state index contributed by atoms with van der Waals surface area (Å²) in [5, 5.41) is 5.16. The Kier molecular flexibility index (Phi) is 40.8. The van der Waals surface area contributed by atoms with E-state index in [4.69, 9.17) is 34.6 Å². The molecule has 0 spiro atoms. The number of alkyl halides is 6. The molecule has 15 rings (SSSR count). The molecule has 0 atom stereocenters. The molecule has 32 heteroatoms. The van der Waals surface area contributed by atoms with Crippen LogP contribution < -0.4 is 48.8 Å². The highest BCUT2D eigenvalue weighted by molar-refractivity contribution is 7.90. The number of rotatable bonds is 33. The van der Waals surface area contributed by atoms with Gasteiger partial charge >= 0.3 is 49.7 Å². The van der Waals surface area contributed by atoms with Gasteiger partial charge in [-0.15, -0.1) is 0 Å². The summed E-state index contributed by atoms with van der Waals surface area (Å²) < 4.78 is 193. The molecule has 5 aliphatic carbocycles. The summed E-state index contributed by atoms with van der Waals surface area (Å²) in [6.45, 7) is -5.55. The first-order valence-corrected chi connectivity index (χ1v) is 50.9. The average molecular weight is 1990 g/mol. The van der Waals surface area contributed by atoms with Gasteiger partial charge in [-0.2, -0.15) is 26.3 Å². The van der Waals surface area contributed by atoms with Crippen LogP contribution in [0.4, 0.5) is 35.1 Å². The Balaban J connectivity index is 0.000000169. The average Bonchev–Trinajstić information content (AvgIpc) is 0.821.